The summed E-state index contributed by atoms with van der Waals surface area (Å²) in [7, 11) is 0. The second kappa shape index (κ2) is 6.03. The molecule has 0 aliphatic heterocycles. The number of hydrogen-bond donors (Lipinski definition) is 1. The highest BCUT2D eigenvalue weighted by Gasteiger charge is 2.11. The smallest absolute Gasteiger partial charge is 0.344 e. The van der Waals surface area contributed by atoms with Gasteiger partial charge in [0, 0.05) is 11.6 Å². The van der Waals surface area contributed by atoms with Gasteiger partial charge in [-0.3, -0.25) is 4.79 Å². The molecular formula is C17H12ClNO3. The Morgan fingerprint density at radius 1 is 1.09 bits per heavy atom. The molecule has 3 rings (SSSR count). The van der Waals surface area contributed by atoms with Gasteiger partial charge in [-0.25, -0.2) is 4.79 Å². The lowest BCUT2D eigenvalue weighted by Crippen LogP contribution is -2.23. The summed E-state index contributed by atoms with van der Waals surface area (Å²) in [5, 5.41) is 4.48. The molecule has 110 valence electrons. The van der Waals surface area contributed by atoms with E-state index in [0.717, 1.165) is 5.56 Å². The predicted molar refractivity (Wildman–Crippen MR) is 85.1 cm³/mol. The van der Waals surface area contributed by atoms with Crippen LogP contribution in [-0.2, 0) is 6.54 Å². The Bertz CT molecular complexity index is 884. The quantitative estimate of drug-likeness (QED) is 0.806. The zero-order chi connectivity index (χ0) is 15.5. The molecule has 1 aromatic heterocycles. The van der Waals surface area contributed by atoms with E-state index in [-0.39, 0.29) is 5.76 Å². The molecule has 1 N–H and O–H groups in total. The maximum atomic E-state index is 12.1. The molecule has 2 aromatic carbocycles. The summed E-state index contributed by atoms with van der Waals surface area (Å²) in [4.78, 5) is 24.0. The fourth-order valence-electron chi connectivity index (χ4n) is 2.12. The fourth-order valence-corrected chi connectivity index (χ4v) is 2.24. The van der Waals surface area contributed by atoms with Gasteiger partial charge < -0.3 is 9.73 Å². The van der Waals surface area contributed by atoms with Crippen LogP contribution in [0.25, 0.3) is 10.8 Å². The maximum Gasteiger partial charge on any atom is 0.344 e. The topological polar surface area (TPSA) is 59.3 Å². The standard InChI is InChI=1S/C17H12ClNO3/c18-13-7-5-11(6-8-13)10-19-16(20)15-9-12-3-1-2-4-14(12)17(21)22-15/h1-9H,10H2,(H,19,20). The minimum atomic E-state index is -0.519. The molecule has 0 fully saturated rings. The minimum Gasteiger partial charge on any atom is -0.417 e. The molecular weight excluding hydrogens is 302 g/mol. The summed E-state index contributed by atoms with van der Waals surface area (Å²) < 4.78 is 5.07. The third kappa shape index (κ3) is 3.02. The lowest BCUT2D eigenvalue weighted by atomic mass is 10.1. The van der Waals surface area contributed by atoms with Crippen LogP contribution in [0.1, 0.15) is 16.1 Å². The van der Waals surface area contributed by atoms with E-state index in [9.17, 15) is 9.59 Å². The van der Waals surface area contributed by atoms with E-state index < -0.39 is 11.5 Å². The van der Waals surface area contributed by atoms with Crippen LogP contribution in [0.5, 0.6) is 0 Å². The van der Waals surface area contributed by atoms with Gasteiger partial charge in [0.25, 0.3) is 5.91 Å². The molecule has 1 heterocycles. The zero-order valence-corrected chi connectivity index (χ0v) is 12.3. The van der Waals surface area contributed by atoms with Crippen molar-refractivity contribution < 1.29 is 9.21 Å². The molecule has 1 amide bonds. The third-order valence-corrected chi connectivity index (χ3v) is 3.51. The second-order valence-electron chi connectivity index (χ2n) is 4.79. The van der Waals surface area contributed by atoms with Gasteiger partial charge in [-0.2, -0.15) is 0 Å². The van der Waals surface area contributed by atoms with Gasteiger partial charge in [-0.15, -0.1) is 0 Å². The molecule has 0 spiro atoms. The molecule has 0 saturated carbocycles. The van der Waals surface area contributed by atoms with Crippen LogP contribution in [-0.4, -0.2) is 5.91 Å². The van der Waals surface area contributed by atoms with Crippen molar-refractivity contribution in [2.45, 2.75) is 6.54 Å². The van der Waals surface area contributed by atoms with E-state index in [1.807, 2.05) is 12.1 Å². The molecule has 0 aliphatic carbocycles. The molecule has 5 heteroatoms. The summed E-state index contributed by atoms with van der Waals surface area (Å²) in [5.74, 6) is -0.435. The van der Waals surface area contributed by atoms with Crippen LogP contribution in [0.3, 0.4) is 0 Å². The van der Waals surface area contributed by atoms with Crippen molar-refractivity contribution in [1.82, 2.24) is 5.32 Å². The second-order valence-corrected chi connectivity index (χ2v) is 5.23. The van der Waals surface area contributed by atoms with Crippen molar-refractivity contribution in [3.8, 4) is 0 Å². The summed E-state index contributed by atoms with van der Waals surface area (Å²) in [6.45, 7) is 0.326. The molecule has 3 aromatic rings. The van der Waals surface area contributed by atoms with E-state index in [0.29, 0.717) is 22.3 Å². The average molecular weight is 314 g/mol. The number of halogens is 1. The SMILES string of the molecule is O=C(NCc1ccc(Cl)cc1)c1cc2ccccc2c(=O)o1. The minimum absolute atomic E-state index is 0.00216. The molecule has 0 aliphatic rings. The predicted octanol–water partition coefficient (Wildman–Crippen LogP) is 3.38. The lowest BCUT2D eigenvalue weighted by Gasteiger charge is -2.05. The van der Waals surface area contributed by atoms with Gasteiger partial charge in [-0.1, -0.05) is 41.9 Å². The van der Waals surface area contributed by atoms with E-state index in [1.54, 1.807) is 42.5 Å². The van der Waals surface area contributed by atoms with Crippen molar-refractivity contribution >= 4 is 28.3 Å². The Kier molecular flexibility index (Phi) is 3.94. The van der Waals surface area contributed by atoms with E-state index >= 15 is 0 Å². The first-order valence-electron chi connectivity index (χ1n) is 6.69. The van der Waals surface area contributed by atoms with Gasteiger partial charge in [0.2, 0.25) is 0 Å². The zero-order valence-electron chi connectivity index (χ0n) is 11.5. The number of fused-ring (bicyclic) bond motifs is 1. The highest BCUT2D eigenvalue weighted by atomic mass is 35.5. The summed E-state index contributed by atoms with van der Waals surface area (Å²) >= 11 is 5.81. The molecule has 4 nitrogen and oxygen atoms in total. The van der Waals surface area contributed by atoms with Crippen molar-refractivity contribution in [3.63, 3.8) is 0 Å². The first kappa shape index (κ1) is 14.4. The number of nitrogens with one attached hydrogen (secondary N) is 1. The third-order valence-electron chi connectivity index (χ3n) is 3.26. The highest BCUT2D eigenvalue weighted by Crippen LogP contribution is 2.12. The molecule has 0 unspecified atom stereocenters. The van der Waals surface area contributed by atoms with Crippen LogP contribution in [0.4, 0.5) is 0 Å². The average Bonchev–Trinajstić information content (AvgIpc) is 2.54. The normalized spacial score (nSPS) is 10.6. The summed E-state index contributed by atoms with van der Waals surface area (Å²) in [6.07, 6.45) is 0. The Balaban J connectivity index is 1.80. The molecule has 22 heavy (non-hydrogen) atoms. The lowest BCUT2D eigenvalue weighted by molar-refractivity contribution is 0.0919. The largest absolute Gasteiger partial charge is 0.417 e. The Hall–Kier alpha value is -2.59. The summed E-state index contributed by atoms with van der Waals surface area (Å²) in [5.41, 5.74) is 0.385. The van der Waals surface area contributed by atoms with E-state index in [4.69, 9.17) is 16.0 Å². The van der Waals surface area contributed by atoms with Crippen molar-refractivity contribution in [2.75, 3.05) is 0 Å². The van der Waals surface area contributed by atoms with Gasteiger partial charge >= 0.3 is 5.63 Å². The number of carbonyl (C=O) groups excluding carboxylic acids is 1. The molecule has 0 atom stereocenters. The van der Waals surface area contributed by atoms with Gasteiger partial charge in [-0.05, 0) is 35.2 Å². The molecule has 0 saturated heterocycles. The van der Waals surface area contributed by atoms with E-state index in [2.05, 4.69) is 5.32 Å². The number of hydrogen-bond acceptors (Lipinski definition) is 3. The monoisotopic (exact) mass is 313 g/mol. The maximum absolute atomic E-state index is 12.1. The molecule has 0 radical (unpaired) electrons. The van der Waals surface area contributed by atoms with Crippen LogP contribution >= 0.6 is 11.6 Å². The van der Waals surface area contributed by atoms with Crippen LogP contribution in [0.15, 0.2) is 63.8 Å². The number of benzene rings is 2. The first-order valence-corrected chi connectivity index (χ1v) is 7.07. The van der Waals surface area contributed by atoms with Crippen LogP contribution in [0, 0.1) is 0 Å². The van der Waals surface area contributed by atoms with Gasteiger partial charge in [0.05, 0.1) is 5.39 Å². The number of amides is 1. The van der Waals surface area contributed by atoms with Crippen LogP contribution in [0.2, 0.25) is 5.02 Å². The Morgan fingerprint density at radius 2 is 1.82 bits per heavy atom. The van der Waals surface area contributed by atoms with Crippen molar-refractivity contribution in [2.24, 2.45) is 0 Å². The fraction of sp³-hybridized carbons (Fsp3) is 0.0588. The Labute approximate surface area is 131 Å². The first-order chi connectivity index (χ1) is 10.6. The van der Waals surface area contributed by atoms with Gasteiger partial charge in [0.15, 0.2) is 5.76 Å². The van der Waals surface area contributed by atoms with E-state index in [1.165, 1.54) is 0 Å². The number of rotatable bonds is 3. The van der Waals surface area contributed by atoms with Crippen molar-refractivity contribution in [3.05, 3.63) is 81.4 Å². The highest BCUT2D eigenvalue weighted by molar-refractivity contribution is 6.30. The summed E-state index contributed by atoms with van der Waals surface area (Å²) in [6, 6.07) is 15.7. The van der Waals surface area contributed by atoms with Gasteiger partial charge in [0.1, 0.15) is 0 Å². The van der Waals surface area contributed by atoms with Crippen molar-refractivity contribution in [1.29, 1.82) is 0 Å². The van der Waals surface area contributed by atoms with Crippen LogP contribution < -0.4 is 10.9 Å². The Morgan fingerprint density at radius 3 is 2.59 bits per heavy atom. The number of carbonyl (C=O) groups is 1. The molecule has 0 bridgehead atoms.